The van der Waals surface area contributed by atoms with E-state index in [4.69, 9.17) is 4.74 Å². The molecule has 132 valence electrons. The average molecular weight is 339 g/mol. The monoisotopic (exact) mass is 339 g/mol. The smallest absolute Gasteiger partial charge is 0.217 e. The summed E-state index contributed by atoms with van der Waals surface area (Å²) in [4.78, 5) is 15.9. The summed E-state index contributed by atoms with van der Waals surface area (Å²) in [5, 5.41) is 3.16. The van der Waals surface area contributed by atoms with Crippen molar-refractivity contribution < 1.29 is 9.53 Å². The molecule has 0 radical (unpaired) electrons. The van der Waals surface area contributed by atoms with Gasteiger partial charge in [-0.05, 0) is 43.9 Å². The fourth-order valence-corrected chi connectivity index (χ4v) is 4.40. The Morgan fingerprint density at radius 2 is 2.08 bits per heavy atom. The normalized spacial score (nSPS) is 28.6. The molecule has 1 saturated carbocycles. The topological polar surface area (TPSA) is 56.2 Å². The van der Waals surface area contributed by atoms with Crippen LogP contribution in [0.3, 0.4) is 0 Å². The molecule has 0 bridgehead atoms. The van der Waals surface area contributed by atoms with Crippen molar-refractivity contribution in [3.05, 3.63) is 48.0 Å². The molecule has 1 saturated heterocycles. The van der Waals surface area contributed by atoms with Gasteiger partial charge < -0.3 is 14.6 Å². The van der Waals surface area contributed by atoms with Crippen LogP contribution in [0.15, 0.2) is 36.7 Å². The molecule has 1 N–H and O–H groups in total. The third-order valence-electron chi connectivity index (χ3n) is 5.58. The molecule has 5 nitrogen and oxygen atoms in total. The SMILES string of the molecule is CC(=O)N[C@@H]1C[C@H](c2ccc(-n3ccnc3C)cc2)O[C@@H]2CCC[C@@H]12. The summed E-state index contributed by atoms with van der Waals surface area (Å²) in [7, 11) is 0. The molecule has 1 amide bonds. The Morgan fingerprint density at radius 1 is 1.28 bits per heavy atom. The first-order valence-corrected chi connectivity index (χ1v) is 9.14. The molecule has 2 aromatic rings. The summed E-state index contributed by atoms with van der Waals surface area (Å²) in [5.41, 5.74) is 2.29. The fourth-order valence-electron chi connectivity index (χ4n) is 4.40. The van der Waals surface area contributed by atoms with E-state index in [0.717, 1.165) is 30.8 Å². The number of carbonyl (C=O) groups is 1. The number of hydrogen-bond donors (Lipinski definition) is 1. The van der Waals surface area contributed by atoms with E-state index in [1.807, 2.05) is 19.3 Å². The number of ether oxygens (including phenoxy) is 1. The van der Waals surface area contributed by atoms with Gasteiger partial charge in [0, 0.05) is 37.0 Å². The van der Waals surface area contributed by atoms with E-state index in [1.165, 1.54) is 12.0 Å². The van der Waals surface area contributed by atoms with Crippen LogP contribution >= 0.6 is 0 Å². The third kappa shape index (κ3) is 3.21. The highest BCUT2D eigenvalue weighted by Gasteiger charge is 2.42. The van der Waals surface area contributed by atoms with Crippen molar-refractivity contribution in [2.75, 3.05) is 0 Å². The lowest BCUT2D eigenvalue weighted by atomic mass is 9.86. The molecule has 4 atom stereocenters. The number of aromatic nitrogens is 2. The van der Waals surface area contributed by atoms with Gasteiger partial charge in [-0.15, -0.1) is 0 Å². The van der Waals surface area contributed by atoms with E-state index in [2.05, 4.69) is 39.1 Å². The lowest BCUT2D eigenvalue weighted by molar-refractivity contribution is -0.124. The van der Waals surface area contributed by atoms with Crippen LogP contribution in [0.4, 0.5) is 0 Å². The van der Waals surface area contributed by atoms with E-state index in [9.17, 15) is 4.79 Å². The lowest BCUT2D eigenvalue weighted by Gasteiger charge is -2.39. The van der Waals surface area contributed by atoms with Crippen LogP contribution in [0.5, 0.6) is 0 Å². The van der Waals surface area contributed by atoms with Crippen molar-refractivity contribution in [1.29, 1.82) is 0 Å². The van der Waals surface area contributed by atoms with E-state index in [-0.39, 0.29) is 24.2 Å². The van der Waals surface area contributed by atoms with Gasteiger partial charge in [-0.25, -0.2) is 4.98 Å². The van der Waals surface area contributed by atoms with E-state index >= 15 is 0 Å². The summed E-state index contributed by atoms with van der Waals surface area (Å²) in [6.45, 7) is 3.60. The largest absolute Gasteiger partial charge is 0.370 e. The van der Waals surface area contributed by atoms with Gasteiger partial charge in [0.25, 0.3) is 0 Å². The van der Waals surface area contributed by atoms with Crippen LogP contribution in [0.2, 0.25) is 0 Å². The second kappa shape index (κ2) is 6.64. The first-order chi connectivity index (χ1) is 12.1. The van der Waals surface area contributed by atoms with E-state index in [1.54, 1.807) is 6.92 Å². The highest BCUT2D eigenvalue weighted by molar-refractivity contribution is 5.73. The second-order valence-electron chi connectivity index (χ2n) is 7.24. The zero-order valence-corrected chi connectivity index (χ0v) is 14.8. The molecular formula is C20H25N3O2. The zero-order valence-electron chi connectivity index (χ0n) is 14.8. The summed E-state index contributed by atoms with van der Waals surface area (Å²) < 4.78 is 8.46. The minimum absolute atomic E-state index is 0.0501. The highest BCUT2D eigenvalue weighted by Crippen LogP contribution is 2.42. The number of nitrogens with zero attached hydrogens (tertiary/aromatic N) is 2. The van der Waals surface area contributed by atoms with Gasteiger partial charge in [0.15, 0.2) is 0 Å². The van der Waals surface area contributed by atoms with E-state index in [0.29, 0.717) is 5.92 Å². The van der Waals surface area contributed by atoms with Crippen LogP contribution in [0, 0.1) is 12.8 Å². The standard InChI is InChI=1S/C20H25N3O2/c1-13-21-10-11-23(13)16-8-6-15(7-9-16)20-12-18(22-14(2)24)17-4-3-5-19(17)25-20/h6-11,17-20H,3-5,12H2,1-2H3,(H,22,24)/t17-,18+,19+,20+/m0/s1. The molecular weight excluding hydrogens is 314 g/mol. The molecule has 2 fully saturated rings. The number of carbonyl (C=O) groups excluding carboxylic acids is 1. The minimum atomic E-state index is 0.0501. The van der Waals surface area contributed by atoms with Crippen molar-refractivity contribution in [1.82, 2.24) is 14.9 Å². The summed E-state index contributed by atoms with van der Waals surface area (Å²) in [5.74, 6) is 1.50. The Labute approximate surface area is 148 Å². The second-order valence-corrected chi connectivity index (χ2v) is 7.24. The summed E-state index contributed by atoms with van der Waals surface area (Å²) >= 11 is 0. The molecule has 1 aliphatic heterocycles. The first-order valence-electron chi connectivity index (χ1n) is 9.14. The highest BCUT2D eigenvalue weighted by atomic mass is 16.5. The Hall–Kier alpha value is -2.14. The first kappa shape index (κ1) is 16.3. The number of benzene rings is 1. The van der Waals surface area contributed by atoms with Gasteiger partial charge in [0.1, 0.15) is 5.82 Å². The van der Waals surface area contributed by atoms with Gasteiger partial charge in [0.2, 0.25) is 5.91 Å². The van der Waals surface area contributed by atoms with Crippen LogP contribution in [-0.4, -0.2) is 27.6 Å². The van der Waals surface area contributed by atoms with Gasteiger partial charge >= 0.3 is 0 Å². The maximum atomic E-state index is 11.6. The number of amides is 1. The summed E-state index contributed by atoms with van der Waals surface area (Å²) in [6, 6.07) is 8.72. The lowest BCUT2D eigenvalue weighted by Crippen LogP contribution is -2.47. The Balaban J connectivity index is 1.54. The number of fused-ring (bicyclic) bond motifs is 1. The molecule has 2 heterocycles. The van der Waals surface area contributed by atoms with Gasteiger partial charge in [-0.3, -0.25) is 4.79 Å². The predicted molar refractivity (Wildman–Crippen MR) is 95.5 cm³/mol. The molecule has 0 spiro atoms. The molecule has 4 rings (SSSR count). The molecule has 1 aromatic carbocycles. The van der Waals surface area contributed by atoms with Crippen molar-refractivity contribution >= 4 is 5.91 Å². The molecule has 1 aliphatic carbocycles. The Morgan fingerprint density at radius 3 is 2.76 bits per heavy atom. The number of hydrogen-bond acceptors (Lipinski definition) is 3. The van der Waals surface area contributed by atoms with Gasteiger partial charge in [-0.1, -0.05) is 18.6 Å². The van der Waals surface area contributed by atoms with Crippen molar-refractivity contribution in [2.45, 2.75) is 57.8 Å². The number of aryl methyl sites for hydroxylation is 1. The molecule has 1 aromatic heterocycles. The molecule has 25 heavy (non-hydrogen) atoms. The molecule has 0 unspecified atom stereocenters. The van der Waals surface area contributed by atoms with Crippen molar-refractivity contribution in [3.8, 4) is 5.69 Å². The molecule has 2 aliphatic rings. The quantitative estimate of drug-likeness (QED) is 0.933. The van der Waals surface area contributed by atoms with Gasteiger partial charge in [0.05, 0.1) is 12.2 Å². The van der Waals surface area contributed by atoms with Crippen molar-refractivity contribution in [2.24, 2.45) is 5.92 Å². The Kier molecular flexibility index (Phi) is 4.34. The van der Waals surface area contributed by atoms with Gasteiger partial charge in [-0.2, -0.15) is 0 Å². The van der Waals surface area contributed by atoms with Crippen molar-refractivity contribution in [3.63, 3.8) is 0 Å². The number of nitrogens with one attached hydrogen (secondary N) is 1. The number of imidazole rings is 1. The average Bonchev–Trinajstić information content (AvgIpc) is 3.23. The Bertz CT molecular complexity index is 753. The number of rotatable bonds is 3. The summed E-state index contributed by atoms with van der Waals surface area (Å²) in [6.07, 6.45) is 8.40. The maximum Gasteiger partial charge on any atom is 0.217 e. The fraction of sp³-hybridized carbons (Fsp3) is 0.500. The maximum absolute atomic E-state index is 11.6. The van der Waals surface area contributed by atoms with Crippen LogP contribution in [0.25, 0.3) is 5.69 Å². The van der Waals surface area contributed by atoms with Crippen LogP contribution in [-0.2, 0) is 9.53 Å². The van der Waals surface area contributed by atoms with E-state index < -0.39 is 0 Å². The van der Waals surface area contributed by atoms with Crippen LogP contribution in [0.1, 0.15) is 50.1 Å². The third-order valence-corrected chi connectivity index (χ3v) is 5.58. The van der Waals surface area contributed by atoms with Crippen LogP contribution < -0.4 is 5.32 Å². The zero-order chi connectivity index (χ0) is 17.4. The predicted octanol–water partition coefficient (Wildman–Crippen LogP) is 3.32. The minimum Gasteiger partial charge on any atom is -0.370 e. The molecule has 5 heteroatoms.